The molecule has 0 saturated carbocycles. The van der Waals surface area contributed by atoms with Gasteiger partial charge in [-0.15, -0.1) is 10.2 Å². The van der Waals surface area contributed by atoms with E-state index in [0.717, 1.165) is 17.5 Å². The van der Waals surface area contributed by atoms with Gasteiger partial charge in [0.2, 0.25) is 17.7 Å². The third-order valence-electron chi connectivity index (χ3n) is 4.62. The van der Waals surface area contributed by atoms with Crippen LogP contribution in [0, 0.1) is 0 Å². The molecule has 6 heteroatoms. The van der Waals surface area contributed by atoms with Crippen LogP contribution in [-0.2, 0) is 17.6 Å². The van der Waals surface area contributed by atoms with Crippen LogP contribution in [0.2, 0.25) is 0 Å². The lowest BCUT2D eigenvalue weighted by atomic mass is 9.98. The van der Waals surface area contributed by atoms with Gasteiger partial charge in [-0.3, -0.25) is 4.79 Å². The van der Waals surface area contributed by atoms with Crippen molar-refractivity contribution in [3.63, 3.8) is 0 Å². The van der Waals surface area contributed by atoms with Gasteiger partial charge in [-0.05, 0) is 29.0 Å². The van der Waals surface area contributed by atoms with E-state index in [1.54, 1.807) is 11.3 Å². The molecule has 1 N–H and O–H groups in total. The van der Waals surface area contributed by atoms with Crippen molar-refractivity contribution in [2.75, 3.05) is 0 Å². The summed E-state index contributed by atoms with van der Waals surface area (Å²) in [5.41, 5.74) is 3.17. The number of thiophene rings is 1. The lowest BCUT2D eigenvalue weighted by Crippen LogP contribution is -2.30. The van der Waals surface area contributed by atoms with Gasteiger partial charge in [-0.2, -0.15) is 11.3 Å². The van der Waals surface area contributed by atoms with Crippen molar-refractivity contribution in [3.05, 3.63) is 94.5 Å². The zero-order chi connectivity index (χ0) is 19.9. The molecule has 2 heterocycles. The number of nitrogens with one attached hydrogen (secondary N) is 1. The summed E-state index contributed by atoms with van der Waals surface area (Å²) in [4.78, 5) is 12.6. The molecular formula is C23H21N3O2S. The molecule has 0 fully saturated rings. The third kappa shape index (κ3) is 5.18. The number of aromatic nitrogens is 2. The Morgan fingerprint density at radius 3 is 2.48 bits per heavy atom. The van der Waals surface area contributed by atoms with E-state index in [2.05, 4.69) is 27.6 Å². The fraction of sp³-hybridized carbons (Fsp3) is 0.174. The van der Waals surface area contributed by atoms with E-state index in [0.29, 0.717) is 24.6 Å². The first kappa shape index (κ1) is 19.1. The number of nitrogens with zero attached hydrogens (tertiary/aromatic N) is 2. The van der Waals surface area contributed by atoms with E-state index in [-0.39, 0.29) is 11.9 Å². The second-order valence-electron chi connectivity index (χ2n) is 6.73. The first-order chi connectivity index (χ1) is 14.3. The van der Waals surface area contributed by atoms with Crippen molar-refractivity contribution < 1.29 is 9.21 Å². The second-order valence-corrected chi connectivity index (χ2v) is 7.51. The fourth-order valence-corrected chi connectivity index (χ4v) is 3.76. The molecule has 0 aliphatic carbocycles. The molecule has 29 heavy (non-hydrogen) atoms. The van der Waals surface area contributed by atoms with E-state index < -0.39 is 0 Å². The largest absolute Gasteiger partial charge is 0.421 e. The number of hydrogen-bond donors (Lipinski definition) is 1. The Labute approximate surface area is 173 Å². The molecule has 0 aliphatic rings. The minimum Gasteiger partial charge on any atom is -0.421 e. The first-order valence-corrected chi connectivity index (χ1v) is 10.5. The quantitative estimate of drug-likeness (QED) is 0.457. The van der Waals surface area contributed by atoms with Gasteiger partial charge in [0.25, 0.3) is 0 Å². The lowest BCUT2D eigenvalue weighted by Gasteiger charge is -2.19. The Morgan fingerprint density at radius 1 is 1.00 bits per heavy atom. The summed E-state index contributed by atoms with van der Waals surface area (Å²) in [6.45, 7) is 0. The molecule has 146 valence electrons. The van der Waals surface area contributed by atoms with Crippen LogP contribution in [0.4, 0.5) is 0 Å². The fourth-order valence-electron chi connectivity index (χ4n) is 3.13. The van der Waals surface area contributed by atoms with Crippen LogP contribution in [0.3, 0.4) is 0 Å². The number of aryl methyl sites for hydroxylation is 1. The Balaban J connectivity index is 1.39. The Hall–Kier alpha value is -3.25. The number of carbonyl (C=O) groups is 1. The zero-order valence-electron chi connectivity index (χ0n) is 15.8. The summed E-state index contributed by atoms with van der Waals surface area (Å²) in [6, 6.07) is 22.1. The molecule has 1 amide bonds. The third-order valence-corrected chi connectivity index (χ3v) is 5.30. The Morgan fingerprint density at radius 2 is 1.76 bits per heavy atom. The maximum atomic E-state index is 12.6. The molecular weight excluding hydrogens is 382 g/mol. The molecule has 1 unspecified atom stereocenters. The Bertz CT molecular complexity index is 1030. The summed E-state index contributed by atoms with van der Waals surface area (Å²) >= 11 is 1.58. The Kier molecular flexibility index (Phi) is 6.12. The standard InChI is InChI=1S/C23H21N3O2S/c27-21(11-12-22-25-26-23(28-22)19-13-14-29-16-19)24-20(18-9-5-2-6-10-18)15-17-7-3-1-4-8-17/h1-10,13-14,16,20H,11-12,15H2,(H,24,27). The minimum atomic E-state index is -0.0878. The summed E-state index contributed by atoms with van der Waals surface area (Å²) < 4.78 is 5.67. The zero-order valence-corrected chi connectivity index (χ0v) is 16.6. The summed E-state index contributed by atoms with van der Waals surface area (Å²) in [5.74, 6) is 0.929. The van der Waals surface area contributed by atoms with Gasteiger partial charge in [-0.25, -0.2) is 0 Å². The summed E-state index contributed by atoms with van der Waals surface area (Å²) in [6.07, 6.45) is 1.44. The summed E-state index contributed by atoms with van der Waals surface area (Å²) in [5, 5.41) is 15.2. The van der Waals surface area contributed by atoms with Crippen LogP contribution in [0.25, 0.3) is 11.5 Å². The highest BCUT2D eigenvalue weighted by Gasteiger charge is 2.16. The topological polar surface area (TPSA) is 68.0 Å². The maximum Gasteiger partial charge on any atom is 0.248 e. The maximum absolute atomic E-state index is 12.6. The van der Waals surface area contributed by atoms with Crippen LogP contribution < -0.4 is 5.32 Å². The average molecular weight is 404 g/mol. The van der Waals surface area contributed by atoms with Crippen LogP contribution in [0.5, 0.6) is 0 Å². The van der Waals surface area contributed by atoms with Crippen LogP contribution in [0.15, 0.2) is 81.9 Å². The highest BCUT2D eigenvalue weighted by Crippen LogP contribution is 2.21. The van der Waals surface area contributed by atoms with E-state index in [1.165, 1.54) is 5.56 Å². The van der Waals surface area contributed by atoms with Crippen molar-refractivity contribution >= 4 is 17.2 Å². The van der Waals surface area contributed by atoms with Gasteiger partial charge in [0.15, 0.2) is 0 Å². The monoisotopic (exact) mass is 403 g/mol. The molecule has 5 nitrogen and oxygen atoms in total. The van der Waals surface area contributed by atoms with E-state index >= 15 is 0 Å². The predicted molar refractivity (Wildman–Crippen MR) is 113 cm³/mol. The van der Waals surface area contributed by atoms with Crippen molar-refractivity contribution in [2.24, 2.45) is 0 Å². The van der Waals surface area contributed by atoms with E-state index in [1.807, 2.05) is 65.4 Å². The molecule has 4 aromatic rings. The molecule has 2 aromatic carbocycles. The molecule has 0 bridgehead atoms. The molecule has 1 atom stereocenters. The first-order valence-electron chi connectivity index (χ1n) is 9.51. The van der Waals surface area contributed by atoms with E-state index in [4.69, 9.17) is 4.42 Å². The average Bonchev–Trinajstić information content (AvgIpc) is 3.45. The predicted octanol–water partition coefficient (Wildman–Crippen LogP) is 4.83. The highest BCUT2D eigenvalue weighted by molar-refractivity contribution is 7.08. The van der Waals surface area contributed by atoms with Gasteiger partial charge in [0, 0.05) is 23.8 Å². The molecule has 2 aromatic heterocycles. The van der Waals surface area contributed by atoms with Crippen LogP contribution in [-0.4, -0.2) is 16.1 Å². The van der Waals surface area contributed by atoms with Gasteiger partial charge in [0.05, 0.1) is 6.04 Å². The second kappa shape index (κ2) is 9.30. The van der Waals surface area contributed by atoms with Crippen LogP contribution in [0.1, 0.15) is 29.5 Å². The van der Waals surface area contributed by atoms with E-state index in [9.17, 15) is 4.79 Å². The van der Waals surface area contributed by atoms with Gasteiger partial charge in [0.1, 0.15) is 0 Å². The van der Waals surface area contributed by atoms with Crippen LogP contribution >= 0.6 is 11.3 Å². The van der Waals surface area contributed by atoms with Gasteiger partial charge >= 0.3 is 0 Å². The normalized spacial score (nSPS) is 11.9. The van der Waals surface area contributed by atoms with Crippen molar-refractivity contribution in [3.8, 4) is 11.5 Å². The van der Waals surface area contributed by atoms with Crippen molar-refractivity contribution in [1.82, 2.24) is 15.5 Å². The van der Waals surface area contributed by atoms with Gasteiger partial charge in [-0.1, -0.05) is 60.7 Å². The van der Waals surface area contributed by atoms with Crippen molar-refractivity contribution in [1.29, 1.82) is 0 Å². The lowest BCUT2D eigenvalue weighted by molar-refractivity contribution is -0.121. The smallest absolute Gasteiger partial charge is 0.248 e. The molecule has 0 saturated heterocycles. The van der Waals surface area contributed by atoms with Gasteiger partial charge < -0.3 is 9.73 Å². The number of rotatable bonds is 8. The SMILES string of the molecule is O=C(CCc1nnc(-c2ccsc2)o1)NC(Cc1ccccc1)c1ccccc1. The molecule has 0 radical (unpaired) electrons. The molecule has 0 aliphatic heterocycles. The number of benzene rings is 2. The number of carbonyl (C=O) groups excluding carboxylic acids is 1. The highest BCUT2D eigenvalue weighted by atomic mass is 32.1. The molecule has 4 rings (SSSR count). The minimum absolute atomic E-state index is 0.0370. The van der Waals surface area contributed by atoms with Crippen molar-refractivity contribution in [2.45, 2.75) is 25.3 Å². The summed E-state index contributed by atoms with van der Waals surface area (Å²) in [7, 11) is 0. The molecule has 0 spiro atoms. The number of amides is 1. The number of hydrogen-bond acceptors (Lipinski definition) is 5.